The predicted octanol–water partition coefficient (Wildman–Crippen LogP) is 2.69. The summed E-state index contributed by atoms with van der Waals surface area (Å²) in [7, 11) is 0. The maximum Gasteiger partial charge on any atom is 0.242 e. The van der Waals surface area contributed by atoms with E-state index in [1.807, 2.05) is 18.2 Å². The maximum atomic E-state index is 12.5. The molecule has 162 valence electrons. The number of amides is 1. The number of benzene rings is 2. The Bertz CT molecular complexity index is 988. The van der Waals surface area contributed by atoms with E-state index in [1.54, 1.807) is 12.1 Å². The zero-order valence-corrected chi connectivity index (χ0v) is 17.9. The van der Waals surface area contributed by atoms with Crippen LogP contribution in [-0.4, -0.2) is 50.1 Å². The number of ether oxygens (including phenoxy) is 1. The Morgan fingerprint density at radius 2 is 1.84 bits per heavy atom. The Hall–Kier alpha value is -2.97. The van der Waals surface area contributed by atoms with Gasteiger partial charge in [-0.05, 0) is 41.0 Å². The van der Waals surface area contributed by atoms with E-state index in [0.717, 1.165) is 32.5 Å². The average molecular weight is 441 g/mol. The van der Waals surface area contributed by atoms with Crippen LogP contribution < -0.4 is 10.1 Å². The van der Waals surface area contributed by atoms with Crippen LogP contribution in [0.5, 0.6) is 5.75 Å². The van der Waals surface area contributed by atoms with Crippen molar-refractivity contribution in [3.63, 3.8) is 0 Å². The number of para-hydroxylation sites is 1. The summed E-state index contributed by atoms with van der Waals surface area (Å²) in [6.45, 7) is 3.05. The third kappa shape index (κ3) is 6.02. The van der Waals surface area contributed by atoms with E-state index >= 15 is 0 Å². The number of rotatable bonds is 8. The number of carbonyl (C=O) groups excluding carboxylic acids is 1. The third-order valence-corrected chi connectivity index (χ3v) is 5.61. The Balaban J connectivity index is 1.23. The molecule has 0 aliphatic carbocycles. The van der Waals surface area contributed by atoms with Crippen LogP contribution in [-0.2, 0) is 24.5 Å². The second-order valence-electron chi connectivity index (χ2n) is 7.58. The first-order valence-electron chi connectivity index (χ1n) is 10.4. The van der Waals surface area contributed by atoms with E-state index < -0.39 is 0 Å². The van der Waals surface area contributed by atoms with Crippen molar-refractivity contribution in [3.8, 4) is 5.75 Å². The number of hydrogen-bond donors (Lipinski definition) is 1. The van der Waals surface area contributed by atoms with Crippen LogP contribution >= 0.6 is 11.6 Å². The molecular formula is C22H25ClN6O2. The Labute approximate surface area is 186 Å². The van der Waals surface area contributed by atoms with Gasteiger partial charge in [0, 0.05) is 25.7 Å². The molecular weight excluding hydrogens is 416 g/mol. The largest absolute Gasteiger partial charge is 0.484 e. The fraction of sp³-hybridized carbons (Fsp3) is 0.364. The first-order chi connectivity index (χ1) is 15.2. The van der Waals surface area contributed by atoms with Crippen LogP contribution in [0.1, 0.15) is 24.2 Å². The van der Waals surface area contributed by atoms with Crippen molar-refractivity contribution < 1.29 is 9.53 Å². The van der Waals surface area contributed by atoms with Crippen LogP contribution in [0.4, 0.5) is 0 Å². The second kappa shape index (κ2) is 10.4. The molecule has 1 aliphatic heterocycles. The summed E-state index contributed by atoms with van der Waals surface area (Å²) in [5.41, 5.74) is 1.32. The summed E-state index contributed by atoms with van der Waals surface area (Å²) >= 11 is 6.10. The highest BCUT2D eigenvalue weighted by atomic mass is 35.5. The fourth-order valence-electron chi connectivity index (χ4n) is 3.64. The molecule has 0 unspecified atom stereocenters. The molecule has 1 fully saturated rings. The fourth-order valence-corrected chi connectivity index (χ4v) is 3.83. The summed E-state index contributed by atoms with van der Waals surface area (Å²) in [6, 6.07) is 17.8. The van der Waals surface area contributed by atoms with E-state index in [1.165, 1.54) is 10.2 Å². The summed E-state index contributed by atoms with van der Waals surface area (Å²) in [6.07, 6.45) is 1.85. The number of piperidine rings is 1. The number of aromatic nitrogens is 4. The van der Waals surface area contributed by atoms with Crippen molar-refractivity contribution in [1.29, 1.82) is 0 Å². The van der Waals surface area contributed by atoms with Gasteiger partial charge in [0.05, 0.1) is 5.02 Å². The summed E-state index contributed by atoms with van der Waals surface area (Å²) in [5, 5.41) is 15.2. The second-order valence-corrected chi connectivity index (χ2v) is 7.98. The monoisotopic (exact) mass is 440 g/mol. The molecule has 2 heterocycles. The molecule has 1 aromatic heterocycles. The van der Waals surface area contributed by atoms with E-state index in [0.29, 0.717) is 16.6 Å². The molecule has 0 bridgehead atoms. The zero-order valence-electron chi connectivity index (χ0n) is 17.2. The molecule has 0 atom stereocenters. The molecule has 9 heteroatoms. The molecule has 8 nitrogen and oxygen atoms in total. The van der Waals surface area contributed by atoms with E-state index in [9.17, 15) is 4.79 Å². The Morgan fingerprint density at radius 1 is 1.10 bits per heavy atom. The number of nitrogens with one attached hydrogen (secondary N) is 1. The molecule has 3 aromatic rings. The lowest BCUT2D eigenvalue weighted by molar-refractivity contribution is -0.123. The van der Waals surface area contributed by atoms with Crippen molar-refractivity contribution in [2.24, 2.45) is 0 Å². The standard InChI is InChI=1S/C22H25ClN6O2/c23-19-8-4-5-9-20(19)31-16-21-25-26-27-29(21)15-22(30)24-18-10-12-28(13-11-18)14-17-6-2-1-3-7-17/h1-9,18H,10-16H2,(H,24,30). The minimum absolute atomic E-state index is 0.0540. The molecule has 0 spiro atoms. The average Bonchev–Trinajstić information content (AvgIpc) is 3.22. The molecule has 31 heavy (non-hydrogen) atoms. The summed E-state index contributed by atoms with van der Waals surface area (Å²) in [5.74, 6) is 0.908. The van der Waals surface area contributed by atoms with Gasteiger partial charge in [0.1, 0.15) is 18.9 Å². The number of carbonyl (C=O) groups is 1. The third-order valence-electron chi connectivity index (χ3n) is 5.29. The number of halogens is 1. The Morgan fingerprint density at radius 3 is 2.61 bits per heavy atom. The number of hydrogen-bond acceptors (Lipinski definition) is 6. The van der Waals surface area contributed by atoms with Gasteiger partial charge in [0.2, 0.25) is 5.91 Å². The van der Waals surface area contributed by atoms with Crippen LogP contribution in [0, 0.1) is 0 Å². The first-order valence-corrected chi connectivity index (χ1v) is 10.7. The smallest absolute Gasteiger partial charge is 0.242 e. The molecule has 1 N–H and O–H groups in total. The van der Waals surface area contributed by atoms with E-state index in [-0.39, 0.29) is 25.1 Å². The molecule has 1 amide bonds. The van der Waals surface area contributed by atoms with Crippen LogP contribution in [0.2, 0.25) is 5.02 Å². The van der Waals surface area contributed by atoms with Gasteiger partial charge < -0.3 is 10.1 Å². The lowest BCUT2D eigenvalue weighted by Gasteiger charge is -2.32. The normalized spacial score (nSPS) is 15.0. The van der Waals surface area contributed by atoms with Gasteiger partial charge >= 0.3 is 0 Å². The molecule has 1 saturated heterocycles. The van der Waals surface area contributed by atoms with Gasteiger partial charge in [0.15, 0.2) is 5.82 Å². The van der Waals surface area contributed by atoms with Gasteiger partial charge in [-0.3, -0.25) is 9.69 Å². The van der Waals surface area contributed by atoms with Crippen LogP contribution in [0.3, 0.4) is 0 Å². The van der Waals surface area contributed by atoms with Gasteiger partial charge in [-0.1, -0.05) is 54.1 Å². The highest BCUT2D eigenvalue weighted by Gasteiger charge is 2.21. The molecule has 4 rings (SSSR count). The number of likely N-dealkylation sites (tertiary alicyclic amines) is 1. The molecule has 2 aromatic carbocycles. The SMILES string of the molecule is O=C(Cn1nnnc1COc1ccccc1Cl)NC1CCN(Cc2ccccc2)CC1. The zero-order chi connectivity index (χ0) is 21.5. The topological polar surface area (TPSA) is 85.2 Å². The van der Waals surface area contributed by atoms with E-state index in [2.05, 4.69) is 50.0 Å². The predicted molar refractivity (Wildman–Crippen MR) is 116 cm³/mol. The van der Waals surface area contributed by atoms with Gasteiger partial charge in [0.25, 0.3) is 0 Å². The minimum atomic E-state index is -0.104. The minimum Gasteiger partial charge on any atom is -0.484 e. The lowest BCUT2D eigenvalue weighted by atomic mass is 10.0. The van der Waals surface area contributed by atoms with Crippen LogP contribution in [0.15, 0.2) is 54.6 Å². The van der Waals surface area contributed by atoms with Crippen molar-refractivity contribution in [2.75, 3.05) is 13.1 Å². The molecule has 0 radical (unpaired) electrons. The van der Waals surface area contributed by atoms with Gasteiger partial charge in [-0.15, -0.1) is 5.10 Å². The van der Waals surface area contributed by atoms with Gasteiger partial charge in [-0.25, -0.2) is 4.68 Å². The van der Waals surface area contributed by atoms with Crippen molar-refractivity contribution in [3.05, 3.63) is 71.0 Å². The maximum absolute atomic E-state index is 12.5. The summed E-state index contributed by atoms with van der Waals surface area (Å²) in [4.78, 5) is 14.9. The van der Waals surface area contributed by atoms with E-state index in [4.69, 9.17) is 16.3 Å². The van der Waals surface area contributed by atoms with Crippen molar-refractivity contribution >= 4 is 17.5 Å². The quantitative estimate of drug-likeness (QED) is 0.579. The molecule has 0 saturated carbocycles. The number of nitrogens with zero attached hydrogens (tertiary/aromatic N) is 5. The summed E-state index contributed by atoms with van der Waals surface area (Å²) < 4.78 is 7.14. The molecule has 1 aliphatic rings. The Kier molecular flexibility index (Phi) is 7.11. The first kappa shape index (κ1) is 21.3. The highest BCUT2D eigenvalue weighted by Crippen LogP contribution is 2.23. The lowest BCUT2D eigenvalue weighted by Crippen LogP contribution is -2.45. The highest BCUT2D eigenvalue weighted by molar-refractivity contribution is 6.32. The van der Waals surface area contributed by atoms with Crippen molar-refractivity contribution in [2.45, 2.75) is 38.6 Å². The van der Waals surface area contributed by atoms with Gasteiger partial charge in [-0.2, -0.15) is 0 Å². The number of tetrazole rings is 1. The van der Waals surface area contributed by atoms with Crippen LogP contribution in [0.25, 0.3) is 0 Å². The van der Waals surface area contributed by atoms with Crippen molar-refractivity contribution in [1.82, 2.24) is 30.4 Å².